The van der Waals surface area contributed by atoms with Gasteiger partial charge in [-0.15, -0.1) is 0 Å². The summed E-state index contributed by atoms with van der Waals surface area (Å²) in [5.41, 5.74) is 3.82. The maximum absolute atomic E-state index is 13.6. The Labute approximate surface area is 204 Å². The van der Waals surface area contributed by atoms with E-state index in [0.717, 1.165) is 22.5 Å². The first-order valence-electron chi connectivity index (χ1n) is 11.2. The van der Waals surface area contributed by atoms with E-state index in [4.69, 9.17) is 0 Å². The summed E-state index contributed by atoms with van der Waals surface area (Å²) < 4.78 is 41.7. The second-order valence-corrected chi connectivity index (χ2v) is 9.52. The molecule has 0 bridgehead atoms. The summed E-state index contributed by atoms with van der Waals surface area (Å²) in [6.07, 6.45) is -1.10. The number of hydrogen-bond donors (Lipinski definition) is 2. The zero-order valence-corrected chi connectivity index (χ0v) is 20.3. The van der Waals surface area contributed by atoms with E-state index >= 15 is 0 Å². The van der Waals surface area contributed by atoms with Gasteiger partial charge in [-0.05, 0) is 41.3 Å². The molecule has 0 radical (unpaired) electrons. The number of carbonyl (C=O) groups is 1. The molecular weight excluding hydrogens is 515 g/mol. The second-order valence-electron chi connectivity index (χ2n) is 8.77. The lowest BCUT2D eigenvalue weighted by Gasteiger charge is -2.40. The maximum atomic E-state index is 13.6. The number of amides is 1. The SMILES string of the molecule is CCN1NC2=CN(CC3(O)CCN(C(=O)C[C@H](c4ccccc4)C(F)(F)F)CC3)C=NC2=C1Br. The van der Waals surface area contributed by atoms with Crippen LogP contribution in [-0.4, -0.2) is 70.1 Å². The van der Waals surface area contributed by atoms with Crippen molar-refractivity contribution in [3.8, 4) is 0 Å². The first-order valence-corrected chi connectivity index (χ1v) is 12.0. The van der Waals surface area contributed by atoms with Crippen molar-refractivity contribution in [2.24, 2.45) is 4.99 Å². The summed E-state index contributed by atoms with van der Waals surface area (Å²) in [4.78, 5) is 20.4. The van der Waals surface area contributed by atoms with Crippen molar-refractivity contribution in [1.82, 2.24) is 20.2 Å². The lowest BCUT2D eigenvalue weighted by atomic mass is 9.89. The lowest BCUT2D eigenvalue weighted by Crippen LogP contribution is -2.51. The minimum atomic E-state index is -4.52. The van der Waals surface area contributed by atoms with Crippen LogP contribution < -0.4 is 5.43 Å². The molecule has 11 heteroatoms. The minimum absolute atomic E-state index is 0.0801. The van der Waals surface area contributed by atoms with E-state index in [1.165, 1.54) is 29.2 Å². The van der Waals surface area contributed by atoms with Gasteiger partial charge in [-0.1, -0.05) is 30.3 Å². The fourth-order valence-electron chi connectivity index (χ4n) is 4.42. The minimum Gasteiger partial charge on any atom is -0.388 e. The number of likely N-dealkylation sites (tertiary alicyclic amines) is 1. The number of rotatable bonds is 6. The predicted octanol–water partition coefficient (Wildman–Crippen LogP) is 3.67. The van der Waals surface area contributed by atoms with Crippen LogP contribution in [0.1, 0.15) is 37.7 Å². The molecule has 1 saturated heterocycles. The molecule has 1 aromatic rings. The van der Waals surface area contributed by atoms with Crippen LogP contribution in [0.2, 0.25) is 0 Å². The van der Waals surface area contributed by atoms with E-state index in [0.29, 0.717) is 0 Å². The number of nitrogens with one attached hydrogen (secondary N) is 1. The van der Waals surface area contributed by atoms with Gasteiger partial charge in [0.25, 0.3) is 0 Å². The zero-order chi connectivity index (χ0) is 24.5. The van der Waals surface area contributed by atoms with Crippen LogP contribution in [0.25, 0.3) is 0 Å². The first kappa shape index (κ1) is 24.6. The van der Waals surface area contributed by atoms with Crippen LogP contribution in [-0.2, 0) is 4.79 Å². The molecule has 3 aliphatic rings. The molecule has 1 aromatic carbocycles. The number of piperidine rings is 1. The highest BCUT2D eigenvalue weighted by molar-refractivity contribution is 9.11. The number of halogens is 4. The standard InChI is InChI=1S/C23H27BrF3N5O2/c1-2-32-21(24)20-18(29-32)13-30(15-28-20)14-22(34)8-10-31(11-9-22)19(33)12-17(23(25,26)27)16-6-4-3-5-7-16/h3-7,13,15,17,29,34H,2,8-12,14H2,1H3/t17-/m1/s1. The Morgan fingerprint density at radius 3 is 2.56 bits per heavy atom. The topological polar surface area (TPSA) is 71.4 Å². The molecule has 0 aliphatic carbocycles. The third-order valence-corrected chi connectivity index (χ3v) is 7.19. The summed E-state index contributed by atoms with van der Waals surface area (Å²) in [5.74, 6) is -2.40. The molecule has 1 atom stereocenters. The summed E-state index contributed by atoms with van der Waals surface area (Å²) in [7, 11) is 0. The number of hydrogen-bond acceptors (Lipinski definition) is 6. The molecule has 4 rings (SSSR count). The Hall–Kier alpha value is -2.53. The average molecular weight is 542 g/mol. The smallest absolute Gasteiger partial charge is 0.388 e. The highest BCUT2D eigenvalue weighted by Gasteiger charge is 2.43. The number of nitrogens with zero attached hydrogens (tertiary/aromatic N) is 4. The fourth-order valence-corrected chi connectivity index (χ4v) is 5.07. The number of carbonyl (C=O) groups excluding carboxylic acids is 1. The van der Waals surface area contributed by atoms with Crippen molar-refractivity contribution in [2.75, 3.05) is 26.2 Å². The maximum Gasteiger partial charge on any atom is 0.396 e. The van der Waals surface area contributed by atoms with Crippen LogP contribution in [0.3, 0.4) is 0 Å². The molecule has 3 aliphatic heterocycles. The van der Waals surface area contributed by atoms with Crippen molar-refractivity contribution in [2.45, 2.75) is 43.9 Å². The Bertz CT molecular complexity index is 1000. The molecule has 0 unspecified atom stereocenters. The fraction of sp³-hybridized carbons (Fsp3) is 0.478. The van der Waals surface area contributed by atoms with E-state index in [9.17, 15) is 23.1 Å². The van der Waals surface area contributed by atoms with Crippen LogP contribution in [0.5, 0.6) is 0 Å². The summed E-state index contributed by atoms with van der Waals surface area (Å²) in [6.45, 7) is 3.42. The average Bonchev–Trinajstić information content (AvgIpc) is 3.12. The lowest BCUT2D eigenvalue weighted by molar-refractivity contribution is -0.162. The Morgan fingerprint density at radius 2 is 1.94 bits per heavy atom. The normalized spacial score (nSPS) is 20.8. The van der Waals surface area contributed by atoms with E-state index < -0.39 is 30.0 Å². The third-order valence-electron chi connectivity index (χ3n) is 6.39. The molecule has 7 nitrogen and oxygen atoms in total. The quantitative estimate of drug-likeness (QED) is 0.538. The number of aliphatic imine (C=N–C) groups is 1. The van der Waals surface area contributed by atoms with Gasteiger partial charge in [0.15, 0.2) is 0 Å². The third kappa shape index (κ3) is 5.25. The van der Waals surface area contributed by atoms with Gasteiger partial charge < -0.3 is 14.9 Å². The van der Waals surface area contributed by atoms with Gasteiger partial charge in [0, 0.05) is 32.3 Å². The highest BCUT2D eigenvalue weighted by Crippen LogP contribution is 2.38. The molecule has 34 heavy (non-hydrogen) atoms. The van der Waals surface area contributed by atoms with Crippen LogP contribution in [0.4, 0.5) is 13.2 Å². The molecular formula is C23H27BrF3N5O2. The van der Waals surface area contributed by atoms with Gasteiger partial charge in [0.1, 0.15) is 10.3 Å². The highest BCUT2D eigenvalue weighted by atomic mass is 79.9. The van der Waals surface area contributed by atoms with Gasteiger partial charge in [-0.2, -0.15) is 13.2 Å². The molecule has 0 saturated carbocycles. The van der Waals surface area contributed by atoms with E-state index in [-0.39, 0.29) is 38.0 Å². The van der Waals surface area contributed by atoms with E-state index in [1.807, 2.05) is 18.1 Å². The molecule has 0 spiro atoms. The summed E-state index contributed by atoms with van der Waals surface area (Å²) >= 11 is 3.51. The number of β-amino-alcohol motifs (C(OH)–C–C–N with tert-alkyl or cyclic N) is 1. The summed E-state index contributed by atoms with van der Waals surface area (Å²) in [6, 6.07) is 7.51. The number of benzene rings is 1. The van der Waals surface area contributed by atoms with Crippen LogP contribution in [0, 0.1) is 0 Å². The number of alkyl halides is 3. The van der Waals surface area contributed by atoms with Gasteiger partial charge in [0.2, 0.25) is 5.91 Å². The van der Waals surface area contributed by atoms with Crippen molar-refractivity contribution in [3.05, 3.63) is 58.1 Å². The molecule has 0 aromatic heterocycles. The molecule has 1 fully saturated rings. The monoisotopic (exact) mass is 541 g/mol. The van der Waals surface area contributed by atoms with Crippen molar-refractivity contribution in [1.29, 1.82) is 0 Å². The largest absolute Gasteiger partial charge is 0.396 e. The van der Waals surface area contributed by atoms with Gasteiger partial charge in [-0.3, -0.25) is 15.2 Å². The Morgan fingerprint density at radius 1 is 1.26 bits per heavy atom. The Kier molecular flexibility index (Phi) is 6.95. The predicted molar refractivity (Wildman–Crippen MR) is 125 cm³/mol. The van der Waals surface area contributed by atoms with Crippen molar-refractivity contribution >= 4 is 28.2 Å². The van der Waals surface area contributed by atoms with Crippen LogP contribution in [0.15, 0.2) is 57.5 Å². The van der Waals surface area contributed by atoms with Crippen LogP contribution >= 0.6 is 15.9 Å². The van der Waals surface area contributed by atoms with Crippen molar-refractivity contribution < 1.29 is 23.1 Å². The van der Waals surface area contributed by atoms with E-state index in [2.05, 4.69) is 26.3 Å². The van der Waals surface area contributed by atoms with Gasteiger partial charge >= 0.3 is 6.18 Å². The van der Waals surface area contributed by atoms with Crippen molar-refractivity contribution in [3.63, 3.8) is 0 Å². The van der Waals surface area contributed by atoms with Gasteiger partial charge in [0.05, 0.1) is 30.1 Å². The van der Waals surface area contributed by atoms with E-state index in [1.54, 1.807) is 17.3 Å². The molecule has 184 valence electrons. The number of hydrazine groups is 1. The first-order chi connectivity index (χ1) is 16.1. The molecule has 1 amide bonds. The number of fused-ring (bicyclic) bond motifs is 1. The Balaban J connectivity index is 1.35. The number of aliphatic hydroxyl groups is 1. The summed E-state index contributed by atoms with van der Waals surface area (Å²) in [5, 5.41) is 13.0. The van der Waals surface area contributed by atoms with Gasteiger partial charge in [-0.25, -0.2) is 4.99 Å². The molecule has 3 heterocycles. The second kappa shape index (κ2) is 9.61. The zero-order valence-electron chi connectivity index (χ0n) is 18.7. The molecule has 2 N–H and O–H groups in total.